The Labute approximate surface area is 116 Å². The maximum atomic E-state index is 8.89. The van der Waals surface area contributed by atoms with Crippen LogP contribution < -0.4 is 5.73 Å². The smallest absolute Gasteiger partial charge is 0.173 e. The molecule has 0 atom stereocenters. The molecule has 5 nitrogen and oxygen atoms in total. The quantitative estimate of drug-likeness (QED) is 0.384. The van der Waals surface area contributed by atoms with E-state index in [0.717, 1.165) is 17.0 Å². The molecule has 6 heteroatoms. The van der Waals surface area contributed by atoms with Crippen LogP contribution in [0.1, 0.15) is 22.5 Å². The van der Waals surface area contributed by atoms with Crippen LogP contribution in [0.15, 0.2) is 23.4 Å². The lowest BCUT2D eigenvalue weighted by Crippen LogP contribution is -2.18. The average molecular weight is 279 g/mol. The number of rotatable bonds is 2. The van der Waals surface area contributed by atoms with Gasteiger partial charge in [-0.25, -0.2) is 4.68 Å². The normalized spacial score (nSPS) is 11.9. The minimum atomic E-state index is -0.0363. The van der Waals surface area contributed by atoms with Crippen molar-refractivity contribution < 1.29 is 5.21 Å². The molecule has 0 unspecified atom stereocenters. The van der Waals surface area contributed by atoms with E-state index < -0.39 is 0 Å². The first-order valence-corrected chi connectivity index (χ1v) is 6.14. The van der Waals surface area contributed by atoms with Crippen molar-refractivity contribution in [3.05, 3.63) is 45.7 Å². The monoisotopic (exact) mass is 278 g/mol. The van der Waals surface area contributed by atoms with Gasteiger partial charge >= 0.3 is 0 Å². The molecule has 0 bridgehead atoms. The van der Waals surface area contributed by atoms with Gasteiger partial charge in [0.05, 0.1) is 22.0 Å². The molecule has 100 valence electrons. The van der Waals surface area contributed by atoms with Gasteiger partial charge in [-0.2, -0.15) is 5.10 Å². The molecule has 0 aliphatic heterocycles. The fourth-order valence-electron chi connectivity index (χ4n) is 1.95. The second-order valence-corrected chi connectivity index (χ2v) is 4.73. The molecular weight excluding hydrogens is 264 g/mol. The lowest BCUT2D eigenvalue weighted by atomic mass is 10.1. The molecule has 0 radical (unpaired) electrons. The van der Waals surface area contributed by atoms with E-state index in [1.54, 1.807) is 16.8 Å². The summed E-state index contributed by atoms with van der Waals surface area (Å²) in [6.07, 6.45) is 0. The van der Waals surface area contributed by atoms with Crippen LogP contribution in [0.5, 0.6) is 0 Å². The highest BCUT2D eigenvalue weighted by Gasteiger charge is 2.17. The molecule has 0 fully saturated rings. The lowest BCUT2D eigenvalue weighted by Gasteiger charge is -2.11. The van der Waals surface area contributed by atoms with Crippen LogP contribution in [0.25, 0.3) is 5.69 Å². The third kappa shape index (κ3) is 2.17. The van der Waals surface area contributed by atoms with Gasteiger partial charge in [-0.3, -0.25) is 0 Å². The summed E-state index contributed by atoms with van der Waals surface area (Å²) in [6.45, 7) is 5.90. The molecule has 3 N–H and O–H groups in total. The summed E-state index contributed by atoms with van der Waals surface area (Å²) in [5.41, 5.74) is 9.89. The van der Waals surface area contributed by atoms with Crippen molar-refractivity contribution in [2.24, 2.45) is 10.9 Å². The van der Waals surface area contributed by atoms with E-state index in [9.17, 15) is 0 Å². The van der Waals surface area contributed by atoms with E-state index in [0.29, 0.717) is 16.3 Å². The third-order valence-corrected chi connectivity index (χ3v) is 3.55. The van der Waals surface area contributed by atoms with Crippen LogP contribution in [0.3, 0.4) is 0 Å². The van der Waals surface area contributed by atoms with Gasteiger partial charge in [0, 0.05) is 5.69 Å². The summed E-state index contributed by atoms with van der Waals surface area (Å²) in [5.74, 6) is -0.0363. The van der Waals surface area contributed by atoms with E-state index in [1.165, 1.54) is 0 Å². The number of halogens is 1. The van der Waals surface area contributed by atoms with Crippen LogP contribution in [-0.4, -0.2) is 20.8 Å². The Morgan fingerprint density at radius 1 is 1.37 bits per heavy atom. The third-order valence-electron chi connectivity index (χ3n) is 3.24. The number of amidine groups is 1. The summed E-state index contributed by atoms with van der Waals surface area (Å²) in [7, 11) is 0. The molecular formula is C13H15ClN4O. The second kappa shape index (κ2) is 4.93. The summed E-state index contributed by atoms with van der Waals surface area (Å²) in [4.78, 5) is 0. The van der Waals surface area contributed by atoms with Crippen LogP contribution in [0.4, 0.5) is 0 Å². The Balaban J connectivity index is 2.76. The van der Waals surface area contributed by atoms with E-state index in [2.05, 4.69) is 10.3 Å². The summed E-state index contributed by atoms with van der Waals surface area (Å²) in [5, 5.41) is 16.8. The Morgan fingerprint density at radius 3 is 2.58 bits per heavy atom. The first-order chi connectivity index (χ1) is 8.97. The van der Waals surface area contributed by atoms with Gasteiger partial charge in [0.1, 0.15) is 0 Å². The molecule has 2 rings (SSSR count). The van der Waals surface area contributed by atoms with Crippen molar-refractivity contribution in [1.82, 2.24) is 9.78 Å². The standard InChI is InChI=1S/C13H15ClN4O/c1-7-8(2)16-18(9(7)3)11-6-4-5-10(14)12(11)13(15)17-19/h4-6,19H,1-3H3,(H2,15,17). The Bertz CT molecular complexity index is 661. The van der Waals surface area contributed by atoms with Crippen LogP contribution in [0, 0.1) is 20.8 Å². The van der Waals surface area contributed by atoms with Crippen LogP contribution in [-0.2, 0) is 0 Å². The average Bonchev–Trinajstić information content (AvgIpc) is 2.65. The number of aryl methyl sites for hydroxylation is 1. The van der Waals surface area contributed by atoms with E-state index in [4.69, 9.17) is 22.5 Å². The molecule has 0 amide bonds. The van der Waals surface area contributed by atoms with Gasteiger partial charge in [-0.15, -0.1) is 0 Å². The van der Waals surface area contributed by atoms with Gasteiger partial charge in [-0.1, -0.05) is 22.8 Å². The van der Waals surface area contributed by atoms with E-state index >= 15 is 0 Å². The fraction of sp³-hybridized carbons (Fsp3) is 0.231. The van der Waals surface area contributed by atoms with Crippen molar-refractivity contribution in [3.63, 3.8) is 0 Å². The Morgan fingerprint density at radius 2 is 2.05 bits per heavy atom. The Hall–Kier alpha value is -2.01. The summed E-state index contributed by atoms with van der Waals surface area (Å²) >= 11 is 6.14. The zero-order chi connectivity index (χ0) is 14.2. The number of aromatic nitrogens is 2. The minimum Gasteiger partial charge on any atom is -0.409 e. The lowest BCUT2D eigenvalue weighted by molar-refractivity contribution is 0.318. The predicted molar refractivity (Wildman–Crippen MR) is 75.3 cm³/mol. The Kier molecular flexibility index (Phi) is 3.48. The number of benzene rings is 1. The number of hydrogen-bond donors (Lipinski definition) is 2. The highest BCUT2D eigenvalue weighted by atomic mass is 35.5. The topological polar surface area (TPSA) is 76.4 Å². The van der Waals surface area contributed by atoms with Gasteiger partial charge in [-0.05, 0) is 38.5 Å². The van der Waals surface area contributed by atoms with Crippen molar-refractivity contribution in [2.45, 2.75) is 20.8 Å². The highest BCUT2D eigenvalue weighted by molar-refractivity contribution is 6.34. The number of hydrogen-bond acceptors (Lipinski definition) is 3. The van der Waals surface area contributed by atoms with Gasteiger partial charge in [0.15, 0.2) is 5.84 Å². The molecule has 1 aromatic heterocycles. The maximum absolute atomic E-state index is 8.89. The molecule has 19 heavy (non-hydrogen) atoms. The first kappa shape index (κ1) is 13.4. The summed E-state index contributed by atoms with van der Waals surface area (Å²) in [6, 6.07) is 5.33. The zero-order valence-electron chi connectivity index (χ0n) is 11.0. The van der Waals surface area contributed by atoms with Crippen molar-refractivity contribution >= 4 is 17.4 Å². The number of nitrogens with zero attached hydrogens (tertiary/aromatic N) is 3. The van der Waals surface area contributed by atoms with Crippen LogP contribution in [0.2, 0.25) is 5.02 Å². The molecule has 0 saturated carbocycles. The number of nitrogens with two attached hydrogens (primary N) is 1. The van der Waals surface area contributed by atoms with Gasteiger partial charge in [0.2, 0.25) is 0 Å². The zero-order valence-corrected chi connectivity index (χ0v) is 11.7. The van der Waals surface area contributed by atoms with E-state index in [-0.39, 0.29) is 5.84 Å². The van der Waals surface area contributed by atoms with Gasteiger partial charge < -0.3 is 10.9 Å². The van der Waals surface area contributed by atoms with Crippen molar-refractivity contribution in [3.8, 4) is 5.69 Å². The molecule has 0 aliphatic rings. The van der Waals surface area contributed by atoms with Gasteiger partial charge in [0.25, 0.3) is 0 Å². The highest BCUT2D eigenvalue weighted by Crippen LogP contribution is 2.25. The maximum Gasteiger partial charge on any atom is 0.173 e. The number of oxime groups is 1. The molecule has 0 spiro atoms. The molecule has 1 heterocycles. The molecule has 0 saturated heterocycles. The van der Waals surface area contributed by atoms with Crippen molar-refractivity contribution in [2.75, 3.05) is 0 Å². The molecule has 2 aromatic rings. The minimum absolute atomic E-state index is 0.0363. The summed E-state index contributed by atoms with van der Waals surface area (Å²) < 4.78 is 1.75. The first-order valence-electron chi connectivity index (χ1n) is 5.77. The predicted octanol–water partition coefficient (Wildman–Crippen LogP) is 2.55. The fourth-order valence-corrected chi connectivity index (χ4v) is 2.21. The van der Waals surface area contributed by atoms with Crippen LogP contribution >= 0.6 is 11.6 Å². The molecule has 1 aromatic carbocycles. The van der Waals surface area contributed by atoms with E-state index in [1.807, 2.05) is 26.8 Å². The molecule has 0 aliphatic carbocycles. The second-order valence-electron chi connectivity index (χ2n) is 4.33. The van der Waals surface area contributed by atoms with Crippen molar-refractivity contribution in [1.29, 1.82) is 0 Å². The SMILES string of the molecule is Cc1nn(-c2cccc(Cl)c2C(N)=NO)c(C)c1C. The largest absolute Gasteiger partial charge is 0.409 e.